The molecule has 0 spiro atoms. The summed E-state index contributed by atoms with van der Waals surface area (Å²) < 4.78 is 12.6. The van der Waals surface area contributed by atoms with Crippen molar-refractivity contribution in [2.24, 2.45) is 0 Å². The maximum Gasteiger partial charge on any atom is 0.174 e. The number of rotatable bonds is 7. The summed E-state index contributed by atoms with van der Waals surface area (Å²) >= 11 is 13.5. The van der Waals surface area contributed by atoms with Gasteiger partial charge in [-0.1, -0.05) is 29.4 Å². The Kier molecular flexibility index (Phi) is 7.09. The molecule has 2 fully saturated rings. The molecular weight excluding hydrogens is 522 g/mol. The van der Waals surface area contributed by atoms with E-state index in [0.717, 1.165) is 45.7 Å². The zero-order valence-electron chi connectivity index (χ0n) is 20.0. The molecule has 5 nitrogen and oxygen atoms in total. The number of benzene rings is 2. The van der Waals surface area contributed by atoms with Crippen molar-refractivity contribution in [3.8, 4) is 5.75 Å². The van der Waals surface area contributed by atoms with Gasteiger partial charge >= 0.3 is 0 Å². The highest BCUT2D eigenvalue weighted by atomic mass is 35.5. The molecule has 188 valence electrons. The van der Waals surface area contributed by atoms with Gasteiger partial charge in [-0.3, -0.25) is 4.98 Å². The molecule has 0 amide bonds. The standard InChI is InChI=1S/C29H26ClN3O2S2/c30-19-8-14-23(15-9-19)37-26-17-16-25(35-26)28-27(24-7-3-4-18-31-24)32-29(36)33(28)20-10-12-22(13-11-20)34-21-5-1-2-6-21/h3-4,7-18,21,27-28H,1-2,5-6H2,(H,32,36)/t27-,28+/m0/s1. The van der Waals surface area contributed by atoms with Crippen LogP contribution in [0, 0.1) is 0 Å². The molecule has 2 atom stereocenters. The van der Waals surface area contributed by atoms with Crippen LogP contribution in [0.4, 0.5) is 5.69 Å². The number of furan rings is 1. The van der Waals surface area contributed by atoms with Crippen molar-refractivity contribution in [1.29, 1.82) is 0 Å². The lowest BCUT2D eigenvalue weighted by atomic mass is 10.0. The van der Waals surface area contributed by atoms with E-state index in [1.807, 2.05) is 66.7 Å². The Morgan fingerprint density at radius 3 is 2.49 bits per heavy atom. The number of ether oxygens (including phenoxy) is 1. The molecule has 4 aromatic rings. The summed E-state index contributed by atoms with van der Waals surface area (Å²) in [5.74, 6) is 1.71. The zero-order chi connectivity index (χ0) is 25.2. The van der Waals surface area contributed by atoms with Gasteiger partial charge < -0.3 is 19.4 Å². The maximum absolute atomic E-state index is 6.40. The van der Waals surface area contributed by atoms with Crippen molar-refractivity contribution < 1.29 is 9.15 Å². The van der Waals surface area contributed by atoms with Gasteiger partial charge in [-0.2, -0.15) is 0 Å². The summed E-state index contributed by atoms with van der Waals surface area (Å²) in [5, 5.41) is 5.63. The van der Waals surface area contributed by atoms with Crippen LogP contribution in [0.15, 0.2) is 99.5 Å². The van der Waals surface area contributed by atoms with Gasteiger partial charge in [0, 0.05) is 21.8 Å². The van der Waals surface area contributed by atoms with Gasteiger partial charge in [0.05, 0.1) is 17.8 Å². The summed E-state index contributed by atoms with van der Waals surface area (Å²) in [6.45, 7) is 0. The van der Waals surface area contributed by atoms with Crippen LogP contribution in [0.1, 0.15) is 49.2 Å². The van der Waals surface area contributed by atoms with Gasteiger partial charge in [-0.15, -0.1) is 0 Å². The Balaban J connectivity index is 1.30. The van der Waals surface area contributed by atoms with E-state index in [-0.39, 0.29) is 12.1 Å². The molecule has 8 heteroatoms. The van der Waals surface area contributed by atoms with Gasteiger partial charge in [0.1, 0.15) is 17.6 Å². The fraction of sp³-hybridized carbons (Fsp3) is 0.241. The summed E-state index contributed by atoms with van der Waals surface area (Å²) in [6.07, 6.45) is 6.87. The van der Waals surface area contributed by atoms with E-state index in [1.165, 1.54) is 12.8 Å². The predicted molar refractivity (Wildman–Crippen MR) is 152 cm³/mol. The van der Waals surface area contributed by atoms with Crippen molar-refractivity contribution in [2.45, 2.75) is 53.9 Å². The topological polar surface area (TPSA) is 50.5 Å². The first-order valence-electron chi connectivity index (χ1n) is 12.4. The Morgan fingerprint density at radius 2 is 1.76 bits per heavy atom. The normalized spacial score (nSPS) is 19.8. The number of anilines is 1. The van der Waals surface area contributed by atoms with Crippen molar-refractivity contribution in [1.82, 2.24) is 10.3 Å². The number of pyridine rings is 1. The van der Waals surface area contributed by atoms with E-state index in [0.29, 0.717) is 16.2 Å². The molecule has 1 aliphatic carbocycles. The summed E-state index contributed by atoms with van der Waals surface area (Å²) in [5.41, 5.74) is 1.88. The number of aromatic nitrogens is 1. The first-order valence-corrected chi connectivity index (χ1v) is 14.0. The van der Waals surface area contributed by atoms with Crippen LogP contribution < -0.4 is 15.0 Å². The van der Waals surface area contributed by atoms with Crippen LogP contribution in [0.3, 0.4) is 0 Å². The Bertz CT molecular complexity index is 1360. The average Bonchev–Trinajstić information content (AvgIpc) is 3.67. The summed E-state index contributed by atoms with van der Waals surface area (Å²) in [4.78, 5) is 7.80. The lowest BCUT2D eigenvalue weighted by Crippen LogP contribution is -2.29. The van der Waals surface area contributed by atoms with E-state index in [4.69, 9.17) is 33.0 Å². The highest BCUT2D eigenvalue weighted by Crippen LogP contribution is 2.43. The third-order valence-electron chi connectivity index (χ3n) is 6.74. The molecule has 0 radical (unpaired) electrons. The van der Waals surface area contributed by atoms with Crippen LogP contribution in [0.25, 0.3) is 0 Å². The third kappa shape index (κ3) is 5.35. The van der Waals surface area contributed by atoms with E-state index in [1.54, 1.807) is 18.0 Å². The Morgan fingerprint density at radius 1 is 0.973 bits per heavy atom. The molecule has 2 aromatic heterocycles. The summed E-state index contributed by atoms with van der Waals surface area (Å²) in [6, 6.07) is 25.5. The predicted octanol–water partition coefficient (Wildman–Crippen LogP) is 7.98. The van der Waals surface area contributed by atoms with E-state index in [9.17, 15) is 0 Å². The van der Waals surface area contributed by atoms with Crippen molar-refractivity contribution in [2.75, 3.05) is 4.90 Å². The van der Waals surface area contributed by atoms with Crippen LogP contribution in [-0.2, 0) is 0 Å². The number of thiocarbonyl (C=S) groups is 1. The molecule has 3 heterocycles. The Labute approximate surface area is 231 Å². The van der Waals surface area contributed by atoms with Crippen LogP contribution in [-0.4, -0.2) is 16.2 Å². The van der Waals surface area contributed by atoms with E-state index < -0.39 is 0 Å². The molecule has 6 rings (SSSR count). The SMILES string of the molecule is S=C1N[C@@H](c2ccccn2)[C@@H](c2ccc(Sc3ccc(Cl)cc3)o2)N1c1ccc(OC2CCCC2)cc1. The molecule has 1 saturated carbocycles. The lowest BCUT2D eigenvalue weighted by Gasteiger charge is -2.26. The van der Waals surface area contributed by atoms with Crippen LogP contribution >= 0.6 is 35.6 Å². The smallest absolute Gasteiger partial charge is 0.174 e. The van der Waals surface area contributed by atoms with E-state index >= 15 is 0 Å². The second kappa shape index (κ2) is 10.8. The number of hydrogen-bond donors (Lipinski definition) is 1. The fourth-order valence-electron chi connectivity index (χ4n) is 4.97. The number of nitrogens with one attached hydrogen (secondary N) is 1. The molecule has 0 bridgehead atoms. The minimum Gasteiger partial charge on any atom is -0.490 e. The molecule has 2 aliphatic rings. The quantitative estimate of drug-likeness (QED) is 0.235. The first-order chi connectivity index (χ1) is 18.1. The molecule has 1 aliphatic heterocycles. The fourth-order valence-corrected chi connectivity index (χ4v) is 6.22. The summed E-state index contributed by atoms with van der Waals surface area (Å²) in [7, 11) is 0. The second-order valence-electron chi connectivity index (χ2n) is 9.23. The van der Waals surface area contributed by atoms with Crippen LogP contribution in [0.2, 0.25) is 5.02 Å². The average molecular weight is 548 g/mol. The largest absolute Gasteiger partial charge is 0.490 e. The second-order valence-corrected chi connectivity index (χ2v) is 11.1. The van der Waals surface area contributed by atoms with Gasteiger partial charge in [-0.25, -0.2) is 0 Å². The van der Waals surface area contributed by atoms with Crippen molar-refractivity contribution in [3.63, 3.8) is 0 Å². The molecule has 2 aromatic carbocycles. The van der Waals surface area contributed by atoms with Crippen LogP contribution in [0.5, 0.6) is 5.75 Å². The highest BCUT2D eigenvalue weighted by molar-refractivity contribution is 7.99. The molecule has 37 heavy (non-hydrogen) atoms. The molecule has 0 unspecified atom stereocenters. The third-order valence-corrected chi connectivity index (χ3v) is 8.24. The highest BCUT2D eigenvalue weighted by Gasteiger charge is 2.42. The van der Waals surface area contributed by atoms with Gasteiger partial charge in [0.25, 0.3) is 0 Å². The van der Waals surface area contributed by atoms with Gasteiger partial charge in [0.2, 0.25) is 0 Å². The number of hydrogen-bond acceptors (Lipinski definition) is 5. The van der Waals surface area contributed by atoms with Crippen molar-refractivity contribution in [3.05, 3.63) is 102 Å². The van der Waals surface area contributed by atoms with Gasteiger partial charge in [0.15, 0.2) is 10.2 Å². The zero-order valence-corrected chi connectivity index (χ0v) is 22.4. The minimum atomic E-state index is -0.205. The monoisotopic (exact) mass is 547 g/mol. The van der Waals surface area contributed by atoms with Crippen molar-refractivity contribution >= 4 is 46.4 Å². The maximum atomic E-state index is 6.40. The molecular formula is C29H26ClN3O2S2. The molecule has 1 N–H and O–H groups in total. The Hall–Kier alpha value is -3.00. The number of nitrogens with zero attached hydrogens (tertiary/aromatic N) is 2. The lowest BCUT2D eigenvalue weighted by molar-refractivity contribution is 0.210. The van der Waals surface area contributed by atoms with Gasteiger partial charge in [-0.05, 0) is 111 Å². The molecule has 1 saturated heterocycles. The minimum absolute atomic E-state index is 0.164. The number of halogens is 1. The first kappa shape index (κ1) is 24.3. The van der Waals surface area contributed by atoms with E-state index in [2.05, 4.69) is 27.3 Å².